The van der Waals surface area contributed by atoms with Crippen LogP contribution in [0, 0.1) is 5.41 Å². The predicted octanol–water partition coefficient (Wildman–Crippen LogP) is 1.31. The molecule has 2 fully saturated rings. The Kier molecular flexibility index (Phi) is 8.05. The number of hydrogen-bond acceptors (Lipinski definition) is 9. The van der Waals surface area contributed by atoms with E-state index < -0.39 is 46.5 Å². The number of ether oxygens (including phenoxy) is 3. The van der Waals surface area contributed by atoms with E-state index >= 15 is 0 Å². The minimum absolute atomic E-state index is 0.0112. The lowest BCUT2D eigenvalue weighted by molar-refractivity contribution is -0.166. The number of carbonyl (C=O) groups is 5. The van der Waals surface area contributed by atoms with Crippen molar-refractivity contribution in [2.75, 3.05) is 19.3 Å². The van der Waals surface area contributed by atoms with Crippen molar-refractivity contribution in [1.82, 2.24) is 15.3 Å². The molecule has 2 saturated heterocycles. The van der Waals surface area contributed by atoms with E-state index in [4.69, 9.17) is 14.2 Å². The quantitative estimate of drug-likeness (QED) is 0.359. The summed E-state index contributed by atoms with van der Waals surface area (Å²) in [5.41, 5.74) is 0.0557. The molecule has 1 aromatic carbocycles. The smallest absolute Gasteiger partial charge is 0.328 e. The van der Waals surface area contributed by atoms with E-state index in [0.717, 1.165) is 27.3 Å². The second kappa shape index (κ2) is 11.1. The Morgan fingerprint density at radius 2 is 1.92 bits per heavy atom. The SMILES string of the molecule is CC(C)(C)C(=O)OCS[C@@H](Cc1ccc2c(c1)OCO2)C(=O)NC1CCC(=O)N2CC[C@@H](C(=O)O)N2C1=O. The van der Waals surface area contributed by atoms with Crippen LogP contribution < -0.4 is 14.8 Å². The molecule has 13 heteroatoms. The highest BCUT2D eigenvalue weighted by Crippen LogP contribution is 2.34. The number of fused-ring (bicyclic) bond motifs is 2. The van der Waals surface area contributed by atoms with Crippen molar-refractivity contribution in [3.05, 3.63) is 23.8 Å². The first-order valence-corrected chi connectivity index (χ1v) is 13.3. The Morgan fingerprint density at radius 1 is 1.18 bits per heavy atom. The van der Waals surface area contributed by atoms with E-state index in [1.165, 1.54) is 0 Å². The van der Waals surface area contributed by atoms with E-state index in [-0.39, 0.29) is 50.9 Å². The van der Waals surface area contributed by atoms with Crippen LogP contribution in [0.1, 0.15) is 45.6 Å². The van der Waals surface area contributed by atoms with Crippen molar-refractivity contribution in [1.29, 1.82) is 0 Å². The van der Waals surface area contributed by atoms with Crippen LogP contribution in [0.3, 0.4) is 0 Å². The first kappa shape index (κ1) is 27.6. The van der Waals surface area contributed by atoms with Crippen LogP contribution in [0.4, 0.5) is 0 Å². The fourth-order valence-corrected chi connectivity index (χ4v) is 5.23. The number of carboxylic acids is 1. The summed E-state index contributed by atoms with van der Waals surface area (Å²) in [6, 6.07) is 3.06. The first-order chi connectivity index (χ1) is 18.0. The maximum absolute atomic E-state index is 13.5. The number of nitrogens with zero attached hydrogens (tertiary/aromatic N) is 2. The van der Waals surface area contributed by atoms with Crippen LogP contribution in [0.5, 0.6) is 11.5 Å². The molecule has 4 rings (SSSR count). The molecule has 1 unspecified atom stereocenters. The van der Waals surface area contributed by atoms with Gasteiger partial charge in [0.2, 0.25) is 18.6 Å². The molecule has 0 radical (unpaired) electrons. The lowest BCUT2D eigenvalue weighted by Gasteiger charge is -2.30. The Morgan fingerprint density at radius 3 is 2.63 bits per heavy atom. The van der Waals surface area contributed by atoms with Crippen LogP contribution in [-0.2, 0) is 35.1 Å². The van der Waals surface area contributed by atoms with Gasteiger partial charge in [-0.15, -0.1) is 11.8 Å². The molecule has 0 aliphatic carbocycles. The van der Waals surface area contributed by atoms with E-state index in [9.17, 15) is 29.1 Å². The van der Waals surface area contributed by atoms with Crippen LogP contribution in [0.2, 0.25) is 0 Å². The fourth-order valence-electron chi connectivity index (χ4n) is 4.36. The molecule has 0 aromatic heterocycles. The lowest BCUT2D eigenvalue weighted by Crippen LogP contribution is -2.55. The molecule has 0 saturated carbocycles. The number of carboxylic acid groups (broad SMARTS) is 1. The van der Waals surface area contributed by atoms with Gasteiger partial charge in [0, 0.05) is 19.4 Å². The van der Waals surface area contributed by atoms with Gasteiger partial charge < -0.3 is 24.6 Å². The number of aliphatic carboxylic acids is 1. The summed E-state index contributed by atoms with van der Waals surface area (Å²) in [5.74, 6) is -2.06. The number of hydrogen-bond donors (Lipinski definition) is 2. The molecular weight excluding hydrogens is 518 g/mol. The van der Waals surface area contributed by atoms with Gasteiger partial charge >= 0.3 is 11.9 Å². The van der Waals surface area contributed by atoms with E-state index in [1.54, 1.807) is 39.0 Å². The predicted molar refractivity (Wildman–Crippen MR) is 134 cm³/mol. The van der Waals surface area contributed by atoms with Crippen LogP contribution in [0.15, 0.2) is 18.2 Å². The lowest BCUT2D eigenvalue weighted by atomic mass is 9.98. The molecular formula is C25H31N3O9S. The van der Waals surface area contributed by atoms with Gasteiger partial charge in [0.15, 0.2) is 17.5 Å². The summed E-state index contributed by atoms with van der Waals surface area (Å²) < 4.78 is 16.1. The van der Waals surface area contributed by atoms with E-state index in [1.807, 2.05) is 0 Å². The normalized spacial score (nSPS) is 21.6. The van der Waals surface area contributed by atoms with Crippen molar-refractivity contribution >= 4 is 41.4 Å². The summed E-state index contributed by atoms with van der Waals surface area (Å²) in [6.07, 6.45) is 0.384. The molecule has 12 nitrogen and oxygen atoms in total. The average molecular weight is 550 g/mol. The van der Waals surface area contributed by atoms with Crippen molar-refractivity contribution < 1.29 is 43.3 Å². The molecule has 206 valence electrons. The van der Waals surface area contributed by atoms with Gasteiger partial charge in [-0.05, 0) is 51.3 Å². The number of rotatable bonds is 8. The largest absolute Gasteiger partial charge is 0.480 e. The summed E-state index contributed by atoms with van der Waals surface area (Å²) in [4.78, 5) is 63.2. The zero-order chi connectivity index (χ0) is 27.6. The number of hydrazine groups is 1. The van der Waals surface area contributed by atoms with Gasteiger partial charge in [-0.25, -0.2) is 9.80 Å². The van der Waals surface area contributed by atoms with Gasteiger partial charge in [0.05, 0.1) is 10.7 Å². The summed E-state index contributed by atoms with van der Waals surface area (Å²) in [6.45, 7) is 5.41. The van der Waals surface area contributed by atoms with Crippen LogP contribution in [0.25, 0.3) is 0 Å². The van der Waals surface area contributed by atoms with Crippen LogP contribution in [-0.4, -0.2) is 81.4 Å². The molecule has 3 atom stereocenters. The van der Waals surface area contributed by atoms with Crippen molar-refractivity contribution in [3.8, 4) is 11.5 Å². The van der Waals surface area contributed by atoms with Gasteiger partial charge in [0.25, 0.3) is 5.91 Å². The molecule has 38 heavy (non-hydrogen) atoms. The topological polar surface area (TPSA) is 152 Å². The molecule has 0 spiro atoms. The van der Waals surface area contributed by atoms with Gasteiger partial charge in [-0.2, -0.15) is 0 Å². The number of esters is 1. The second-order valence-electron chi connectivity index (χ2n) is 10.3. The summed E-state index contributed by atoms with van der Waals surface area (Å²) in [5, 5.41) is 13.6. The van der Waals surface area contributed by atoms with Gasteiger partial charge in [0.1, 0.15) is 12.0 Å². The monoisotopic (exact) mass is 549 g/mol. The zero-order valence-corrected chi connectivity index (χ0v) is 22.2. The molecule has 2 N–H and O–H groups in total. The van der Waals surface area contributed by atoms with E-state index in [2.05, 4.69) is 5.32 Å². The van der Waals surface area contributed by atoms with Crippen molar-refractivity contribution in [2.24, 2.45) is 5.41 Å². The Balaban J connectivity index is 1.49. The highest BCUT2D eigenvalue weighted by atomic mass is 32.2. The number of benzene rings is 1. The number of thioether (sulfide) groups is 1. The number of amides is 3. The van der Waals surface area contributed by atoms with Gasteiger partial charge in [-0.1, -0.05) is 6.07 Å². The van der Waals surface area contributed by atoms with Crippen molar-refractivity contribution in [2.45, 2.75) is 63.8 Å². The molecule has 3 aliphatic heterocycles. The third kappa shape index (κ3) is 5.98. The van der Waals surface area contributed by atoms with Crippen molar-refractivity contribution in [3.63, 3.8) is 0 Å². The average Bonchev–Trinajstić information content (AvgIpc) is 3.49. The molecule has 3 heterocycles. The second-order valence-corrected chi connectivity index (χ2v) is 11.4. The highest BCUT2D eigenvalue weighted by Gasteiger charge is 2.47. The Labute approximate surface area is 223 Å². The number of carbonyl (C=O) groups excluding carboxylic acids is 4. The Hall–Kier alpha value is -3.48. The third-order valence-corrected chi connectivity index (χ3v) is 7.49. The maximum atomic E-state index is 13.5. The zero-order valence-electron chi connectivity index (χ0n) is 21.4. The maximum Gasteiger partial charge on any atom is 0.328 e. The van der Waals surface area contributed by atoms with E-state index in [0.29, 0.717) is 11.5 Å². The third-order valence-electron chi connectivity index (χ3n) is 6.45. The molecule has 3 aliphatic rings. The van der Waals surface area contributed by atoms with Crippen LogP contribution >= 0.6 is 11.8 Å². The van der Waals surface area contributed by atoms with Gasteiger partial charge in [-0.3, -0.25) is 24.2 Å². The standard InChI is InChI=1S/C25H31N3O9S/c1-25(2,3)24(34)37-13-38-19(11-14-4-6-17-18(10-14)36-12-35-17)21(30)26-15-5-7-20(29)27-9-8-16(23(32)33)28(27)22(15)31/h4,6,10,15-16,19H,5,7-9,11-13H2,1-3H3,(H,26,30)(H,32,33)/t15?,16-,19-/m0/s1. The highest BCUT2D eigenvalue weighted by molar-refractivity contribution is 8.00. The summed E-state index contributed by atoms with van der Waals surface area (Å²) >= 11 is 1.10. The minimum atomic E-state index is -1.21. The molecule has 0 bridgehead atoms. The summed E-state index contributed by atoms with van der Waals surface area (Å²) in [7, 11) is 0. The number of nitrogens with one attached hydrogen (secondary N) is 1. The molecule has 3 amide bonds. The molecule has 1 aromatic rings. The Bertz CT molecular complexity index is 1140. The first-order valence-electron chi connectivity index (χ1n) is 12.3. The fraction of sp³-hybridized carbons (Fsp3) is 0.560. The minimum Gasteiger partial charge on any atom is -0.480 e.